The van der Waals surface area contributed by atoms with Gasteiger partial charge in [-0.15, -0.1) is 0 Å². The molecule has 0 atom stereocenters. The molecule has 0 amide bonds. The maximum atomic E-state index is 12.7. The van der Waals surface area contributed by atoms with Gasteiger partial charge in [0.25, 0.3) is 5.56 Å². The second-order valence-corrected chi connectivity index (χ2v) is 9.50. The highest BCUT2D eigenvalue weighted by molar-refractivity contribution is 5.91. The van der Waals surface area contributed by atoms with E-state index in [1.54, 1.807) is 29.0 Å². The lowest BCUT2D eigenvalue weighted by Crippen LogP contribution is -2.11. The number of hydrogen-bond acceptors (Lipinski definition) is 5. The molecule has 0 aliphatic rings. The van der Waals surface area contributed by atoms with Crippen molar-refractivity contribution in [3.63, 3.8) is 0 Å². The molecule has 5 rings (SSSR count). The molecule has 0 saturated heterocycles. The quantitative estimate of drug-likeness (QED) is 0.269. The van der Waals surface area contributed by atoms with Gasteiger partial charge in [-0.05, 0) is 66.9 Å². The standard InChI is InChI=1S/C31H27N5O2/c1-20(2)19-38-28-14-13-22(15-21(28)3)29-24(18-36(35-29)25-9-5-4-6-10-25)16-23(17-32)30-33-27-12-8-7-11-26(27)31(37)34-30/h4-16,18,20H,19H2,1-3H3,(H,33,34,37). The molecule has 38 heavy (non-hydrogen) atoms. The number of benzene rings is 3. The molecular formula is C31H27N5O2. The number of ether oxygens (including phenoxy) is 1. The fourth-order valence-electron chi connectivity index (χ4n) is 4.17. The predicted molar refractivity (Wildman–Crippen MR) is 150 cm³/mol. The van der Waals surface area contributed by atoms with Crippen molar-refractivity contribution in [3.05, 3.63) is 106 Å². The van der Waals surface area contributed by atoms with Crippen LogP contribution in [0.1, 0.15) is 30.8 Å². The third kappa shape index (κ3) is 5.11. The lowest BCUT2D eigenvalue weighted by Gasteiger charge is -2.12. The Morgan fingerprint density at radius 2 is 1.87 bits per heavy atom. The van der Waals surface area contributed by atoms with Gasteiger partial charge in [-0.2, -0.15) is 10.4 Å². The van der Waals surface area contributed by atoms with E-state index in [1.807, 2.05) is 67.7 Å². The van der Waals surface area contributed by atoms with E-state index in [0.29, 0.717) is 29.1 Å². The third-order valence-corrected chi connectivity index (χ3v) is 6.07. The minimum absolute atomic E-state index is 0.211. The fourth-order valence-corrected chi connectivity index (χ4v) is 4.17. The van der Waals surface area contributed by atoms with Crippen LogP contribution in [0, 0.1) is 24.2 Å². The summed E-state index contributed by atoms with van der Waals surface area (Å²) in [5, 5.41) is 15.4. The molecule has 188 valence electrons. The minimum atomic E-state index is -0.292. The molecule has 3 aromatic carbocycles. The fraction of sp³-hybridized carbons (Fsp3) is 0.161. The SMILES string of the molecule is Cc1cc(-c2nn(-c3ccccc3)cc2C=C(C#N)c2nc3ccccc3c(=O)[nH]2)ccc1OCC(C)C. The average Bonchev–Trinajstić information content (AvgIpc) is 3.35. The van der Waals surface area contributed by atoms with E-state index in [9.17, 15) is 10.1 Å². The number of nitrogens with one attached hydrogen (secondary N) is 1. The van der Waals surface area contributed by atoms with Crippen LogP contribution in [0.5, 0.6) is 5.75 Å². The summed E-state index contributed by atoms with van der Waals surface area (Å²) in [6.07, 6.45) is 3.59. The highest BCUT2D eigenvalue weighted by Crippen LogP contribution is 2.31. The summed E-state index contributed by atoms with van der Waals surface area (Å²) in [4.78, 5) is 20.0. The van der Waals surface area contributed by atoms with Crippen molar-refractivity contribution in [2.24, 2.45) is 5.92 Å². The van der Waals surface area contributed by atoms with Gasteiger partial charge in [-0.1, -0.05) is 44.2 Å². The molecule has 0 saturated carbocycles. The summed E-state index contributed by atoms with van der Waals surface area (Å²) in [6, 6.07) is 25.0. The number of aryl methyl sites for hydroxylation is 1. The highest BCUT2D eigenvalue weighted by Gasteiger charge is 2.16. The van der Waals surface area contributed by atoms with Crippen molar-refractivity contribution in [1.29, 1.82) is 5.26 Å². The minimum Gasteiger partial charge on any atom is -0.493 e. The van der Waals surface area contributed by atoms with Crippen LogP contribution in [-0.4, -0.2) is 26.4 Å². The van der Waals surface area contributed by atoms with E-state index in [1.165, 1.54) is 0 Å². The number of H-pyrrole nitrogens is 1. The van der Waals surface area contributed by atoms with Crippen molar-refractivity contribution < 1.29 is 4.74 Å². The first-order valence-corrected chi connectivity index (χ1v) is 12.4. The summed E-state index contributed by atoms with van der Waals surface area (Å²) in [5.74, 6) is 1.47. The van der Waals surface area contributed by atoms with Gasteiger partial charge in [0.2, 0.25) is 0 Å². The average molecular weight is 502 g/mol. The normalized spacial score (nSPS) is 11.6. The summed E-state index contributed by atoms with van der Waals surface area (Å²) < 4.78 is 7.74. The number of nitrogens with zero attached hydrogens (tertiary/aromatic N) is 4. The molecule has 2 heterocycles. The van der Waals surface area contributed by atoms with Crippen molar-refractivity contribution in [2.75, 3.05) is 6.61 Å². The van der Waals surface area contributed by atoms with E-state index in [2.05, 4.69) is 29.9 Å². The van der Waals surface area contributed by atoms with Gasteiger partial charge in [0.05, 0.1) is 28.8 Å². The van der Waals surface area contributed by atoms with Crippen LogP contribution < -0.4 is 10.3 Å². The van der Waals surface area contributed by atoms with Crippen molar-refractivity contribution in [3.8, 4) is 28.8 Å². The molecule has 1 N–H and O–H groups in total. The molecule has 0 fully saturated rings. The Labute approximate surface area is 220 Å². The number of rotatable bonds is 7. The number of hydrogen-bond donors (Lipinski definition) is 1. The molecule has 7 heteroatoms. The Hall–Kier alpha value is -4.96. The van der Waals surface area contributed by atoms with Crippen LogP contribution in [0.3, 0.4) is 0 Å². The van der Waals surface area contributed by atoms with Crippen molar-refractivity contribution >= 4 is 22.6 Å². The second-order valence-electron chi connectivity index (χ2n) is 9.50. The molecule has 5 aromatic rings. The van der Waals surface area contributed by atoms with E-state index in [4.69, 9.17) is 9.84 Å². The molecule has 2 aromatic heterocycles. The maximum Gasteiger partial charge on any atom is 0.259 e. The molecule has 0 radical (unpaired) electrons. The monoisotopic (exact) mass is 501 g/mol. The van der Waals surface area contributed by atoms with Crippen LogP contribution in [0.15, 0.2) is 83.8 Å². The molecule has 7 nitrogen and oxygen atoms in total. The summed E-state index contributed by atoms with van der Waals surface area (Å²) in [6.45, 7) is 6.87. The Balaban J connectivity index is 1.63. The first kappa shape index (κ1) is 24.7. The van der Waals surface area contributed by atoms with Gasteiger partial charge in [-0.3, -0.25) is 4.79 Å². The van der Waals surface area contributed by atoms with Crippen LogP contribution in [0.25, 0.3) is 39.5 Å². The molecule has 0 unspecified atom stereocenters. The van der Waals surface area contributed by atoms with E-state index < -0.39 is 0 Å². The van der Waals surface area contributed by atoms with Gasteiger partial charge in [0, 0.05) is 17.3 Å². The largest absolute Gasteiger partial charge is 0.493 e. The molecule has 0 aliphatic heterocycles. The number of fused-ring (bicyclic) bond motifs is 1. The number of aromatic nitrogens is 4. The van der Waals surface area contributed by atoms with E-state index in [0.717, 1.165) is 28.1 Å². The molecule has 0 spiro atoms. The molecular weight excluding hydrogens is 474 g/mol. The van der Waals surface area contributed by atoms with Crippen molar-refractivity contribution in [1.82, 2.24) is 19.7 Å². The first-order valence-electron chi connectivity index (χ1n) is 12.4. The Bertz CT molecular complexity index is 1740. The first-order chi connectivity index (χ1) is 18.4. The van der Waals surface area contributed by atoms with E-state index in [-0.39, 0.29) is 17.0 Å². The summed E-state index contributed by atoms with van der Waals surface area (Å²) in [5.41, 5.74) is 4.65. The Morgan fingerprint density at radius 1 is 1.11 bits per heavy atom. The zero-order chi connectivity index (χ0) is 26.6. The number of nitriles is 1. The zero-order valence-electron chi connectivity index (χ0n) is 21.5. The van der Waals surface area contributed by atoms with Crippen LogP contribution >= 0.6 is 0 Å². The van der Waals surface area contributed by atoms with Gasteiger partial charge < -0.3 is 9.72 Å². The smallest absolute Gasteiger partial charge is 0.259 e. The number of aromatic amines is 1. The maximum absolute atomic E-state index is 12.7. The Morgan fingerprint density at radius 3 is 2.61 bits per heavy atom. The van der Waals surface area contributed by atoms with E-state index >= 15 is 0 Å². The van der Waals surface area contributed by atoms with Crippen LogP contribution in [0.4, 0.5) is 0 Å². The summed E-state index contributed by atoms with van der Waals surface area (Å²) in [7, 11) is 0. The predicted octanol–water partition coefficient (Wildman–Crippen LogP) is 6.18. The topological polar surface area (TPSA) is 96.6 Å². The highest BCUT2D eigenvalue weighted by atomic mass is 16.5. The van der Waals surface area contributed by atoms with Crippen LogP contribution in [0.2, 0.25) is 0 Å². The van der Waals surface area contributed by atoms with Gasteiger partial charge in [0.15, 0.2) is 5.82 Å². The molecule has 0 bridgehead atoms. The van der Waals surface area contributed by atoms with Crippen LogP contribution in [-0.2, 0) is 0 Å². The lowest BCUT2D eigenvalue weighted by atomic mass is 10.0. The van der Waals surface area contributed by atoms with Gasteiger partial charge >= 0.3 is 0 Å². The lowest BCUT2D eigenvalue weighted by molar-refractivity contribution is 0.269. The van der Waals surface area contributed by atoms with Gasteiger partial charge in [0.1, 0.15) is 17.5 Å². The molecule has 0 aliphatic carbocycles. The Kier molecular flexibility index (Phi) is 6.88. The number of para-hydroxylation sites is 2. The summed E-state index contributed by atoms with van der Waals surface area (Å²) >= 11 is 0. The van der Waals surface area contributed by atoms with Gasteiger partial charge in [-0.25, -0.2) is 9.67 Å². The second kappa shape index (κ2) is 10.6. The zero-order valence-corrected chi connectivity index (χ0v) is 21.5. The number of allylic oxidation sites excluding steroid dienone is 1. The van der Waals surface area contributed by atoms with Crippen molar-refractivity contribution in [2.45, 2.75) is 20.8 Å². The third-order valence-electron chi connectivity index (χ3n) is 6.07.